The molecule has 1 amide bonds. The van der Waals surface area contributed by atoms with Crippen LogP contribution in [0, 0.1) is 0 Å². The van der Waals surface area contributed by atoms with Crippen molar-refractivity contribution in [2.45, 2.75) is 44.6 Å². The first-order chi connectivity index (χ1) is 14.2. The monoisotopic (exact) mass is 434 g/mol. The number of nitrogens with one attached hydrogen (secondary N) is 2. The van der Waals surface area contributed by atoms with E-state index in [1.165, 1.54) is 12.1 Å². The minimum atomic E-state index is -3.66. The Labute approximate surface area is 178 Å². The molecule has 1 unspecified atom stereocenters. The minimum Gasteiger partial charge on any atom is -0.494 e. The molecule has 0 aliphatic carbocycles. The van der Waals surface area contributed by atoms with Gasteiger partial charge in [0.05, 0.1) is 11.5 Å². The summed E-state index contributed by atoms with van der Waals surface area (Å²) >= 11 is 0. The number of amides is 1. The molecule has 0 saturated heterocycles. The second kappa shape index (κ2) is 11.0. The largest absolute Gasteiger partial charge is 0.494 e. The Bertz CT molecular complexity index is 927. The summed E-state index contributed by atoms with van der Waals surface area (Å²) in [7, 11) is -3.66. The predicted molar refractivity (Wildman–Crippen MR) is 116 cm³/mol. The van der Waals surface area contributed by atoms with Crippen LogP contribution < -0.4 is 19.5 Å². The Kier molecular flexibility index (Phi) is 8.68. The standard InChI is InChI=1S/C22H30N2O5S/c1-5-28-18-10-12-19(13-11-18)30(26,27)24-15-14-23-22(25)17(4)29-21-9-7-6-8-20(21)16(2)3/h6-13,16-17,24H,5,14-15H2,1-4H3,(H,23,25). The van der Waals surface area contributed by atoms with E-state index in [2.05, 4.69) is 23.9 Å². The first-order valence-corrected chi connectivity index (χ1v) is 11.5. The lowest BCUT2D eigenvalue weighted by Crippen LogP contribution is -2.40. The molecule has 2 rings (SSSR count). The molecule has 0 spiro atoms. The van der Waals surface area contributed by atoms with E-state index >= 15 is 0 Å². The van der Waals surface area contributed by atoms with Gasteiger partial charge in [-0.25, -0.2) is 13.1 Å². The number of carbonyl (C=O) groups excluding carboxylic acids is 1. The van der Waals surface area contributed by atoms with Crippen molar-refractivity contribution < 1.29 is 22.7 Å². The fourth-order valence-corrected chi connectivity index (χ4v) is 3.82. The zero-order valence-electron chi connectivity index (χ0n) is 17.8. The minimum absolute atomic E-state index is 0.0661. The van der Waals surface area contributed by atoms with E-state index < -0.39 is 16.1 Å². The normalized spacial score (nSPS) is 12.4. The third-order valence-electron chi connectivity index (χ3n) is 4.38. The lowest BCUT2D eigenvalue weighted by atomic mass is 10.0. The van der Waals surface area contributed by atoms with Crippen LogP contribution in [-0.2, 0) is 14.8 Å². The summed E-state index contributed by atoms with van der Waals surface area (Å²) in [5.74, 6) is 1.24. The second-order valence-corrected chi connectivity index (χ2v) is 8.81. The van der Waals surface area contributed by atoms with Crippen molar-refractivity contribution in [3.63, 3.8) is 0 Å². The van der Waals surface area contributed by atoms with Gasteiger partial charge in [-0.1, -0.05) is 32.0 Å². The maximum atomic E-state index is 12.3. The number of hydrogen-bond donors (Lipinski definition) is 2. The molecule has 8 heteroatoms. The third kappa shape index (κ3) is 6.74. The molecule has 7 nitrogen and oxygen atoms in total. The van der Waals surface area contributed by atoms with Gasteiger partial charge in [0.25, 0.3) is 5.91 Å². The number of benzene rings is 2. The van der Waals surface area contributed by atoms with Crippen molar-refractivity contribution in [2.75, 3.05) is 19.7 Å². The van der Waals surface area contributed by atoms with Gasteiger partial charge in [0.15, 0.2) is 6.10 Å². The maximum absolute atomic E-state index is 12.3. The highest BCUT2D eigenvalue weighted by molar-refractivity contribution is 7.89. The summed E-state index contributed by atoms with van der Waals surface area (Å²) in [6.45, 7) is 8.36. The van der Waals surface area contributed by atoms with Crippen LogP contribution >= 0.6 is 0 Å². The molecule has 30 heavy (non-hydrogen) atoms. The van der Waals surface area contributed by atoms with Crippen LogP contribution in [0.4, 0.5) is 0 Å². The molecule has 0 fully saturated rings. The molecule has 0 aliphatic rings. The summed E-state index contributed by atoms with van der Waals surface area (Å²) in [5, 5.41) is 2.69. The van der Waals surface area contributed by atoms with Gasteiger partial charge in [-0.15, -0.1) is 0 Å². The van der Waals surface area contributed by atoms with E-state index in [0.29, 0.717) is 18.1 Å². The summed E-state index contributed by atoms with van der Waals surface area (Å²) in [5.41, 5.74) is 1.03. The molecule has 0 heterocycles. The van der Waals surface area contributed by atoms with Crippen LogP contribution in [0.15, 0.2) is 53.4 Å². The first-order valence-electron chi connectivity index (χ1n) is 10.0. The molecule has 2 aromatic rings. The second-order valence-electron chi connectivity index (χ2n) is 7.05. The van der Waals surface area contributed by atoms with Gasteiger partial charge in [0.2, 0.25) is 10.0 Å². The summed E-state index contributed by atoms with van der Waals surface area (Å²) in [6.07, 6.45) is -0.701. The van der Waals surface area contributed by atoms with Crippen molar-refractivity contribution in [1.82, 2.24) is 10.0 Å². The van der Waals surface area contributed by atoms with E-state index in [4.69, 9.17) is 9.47 Å². The molecule has 0 saturated carbocycles. The molecule has 1 atom stereocenters. The number of carbonyl (C=O) groups is 1. The van der Waals surface area contributed by atoms with Crippen LogP contribution in [0.2, 0.25) is 0 Å². The molecule has 0 aliphatic heterocycles. The fourth-order valence-electron chi connectivity index (χ4n) is 2.79. The van der Waals surface area contributed by atoms with Crippen LogP contribution in [0.25, 0.3) is 0 Å². The van der Waals surface area contributed by atoms with E-state index in [1.807, 2.05) is 31.2 Å². The molecule has 0 bridgehead atoms. The molecule has 0 aromatic heterocycles. The van der Waals surface area contributed by atoms with E-state index in [-0.39, 0.29) is 29.8 Å². The highest BCUT2D eigenvalue weighted by atomic mass is 32.2. The SMILES string of the molecule is CCOc1ccc(S(=O)(=O)NCCNC(=O)C(C)Oc2ccccc2C(C)C)cc1. The van der Waals surface area contributed by atoms with Gasteiger partial charge >= 0.3 is 0 Å². The third-order valence-corrected chi connectivity index (χ3v) is 5.85. The number of sulfonamides is 1. The number of hydrogen-bond acceptors (Lipinski definition) is 5. The van der Waals surface area contributed by atoms with Crippen molar-refractivity contribution in [1.29, 1.82) is 0 Å². The Balaban J connectivity index is 1.82. The molecule has 2 N–H and O–H groups in total. The summed E-state index contributed by atoms with van der Waals surface area (Å²) < 4.78 is 38.3. The van der Waals surface area contributed by atoms with Gasteiger partial charge in [-0.2, -0.15) is 0 Å². The zero-order chi connectivity index (χ0) is 22.1. The van der Waals surface area contributed by atoms with Crippen LogP contribution in [0.1, 0.15) is 39.2 Å². The molecular weight excluding hydrogens is 404 g/mol. The quantitative estimate of drug-likeness (QED) is 0.530. The van der Waals surface area contributed by atoms with Gasteiger partial charge in [-0.3, -0.25) is 4.79 Å². The van der Waals surface area contributed by atoms with E-state index in [1.54, 1.807) is 19.1 Å². The predicted octanol–water partition coefficient (Wildman–Crippen LogP) is 3.07. The van der Waals surface area contributed by atoms with Crippen LogP contribution in [0.3, 0.4) is 0 Å². The lowest BCUT2D eigenvalue weighted by Gasteiger charge is -2.18. The van der Waals surface area contributed by atoms with Crippen molar-refractivity contribution >= 4 is 15.9 Å². The number of para-hydroxylation sites is 1. The molecule has 0 radical (unpaired) electrons. The molecule has 2 aromatic carbocycles. The van der Waals surface area contributed by atoms with E-state index in [9.17, 15) is 13.2 Å². The molecule has 164 valence electrons. The van der Waals surface area contributed by atoms with Crippen molar-refractivity contribution in [2.24, 2.45) is 0 Å². The lowest BCUT2D eigenvalue weighted by molar-refractivity contribution is -0.127. The van der Waals surface area contributed by atoms with Crippen molar-refractivity contribution in [3.8, 4) is 11.5 Å². The van der Waals surface area contributed by atoms with Gasteiger partial charge < -0.3 is 14.8 Å². The Morgan fingerprint density at radius 3 is 2.30 bits per heavy atom. The topological polar surface area (TPSA) is 93.7 Å². The Hall–Kier alpha value is -2.58. The first kappa shape index (κ1) is 23.7. The van der Waals surface area contributed by atoms with Gasteiger partial charge in [0, 0.05) is 13.1 Å². The number of ether oxygens (including phenoxy) is 2. The van der Waals surface area contributed by atoms with Crippen molar-refractivity contribution in [3.05, 3.63) is 54.1 Å². The number of rotatable bonds is 11. The van der Waals surface area contributed by atoms with Gasteiger partial charge in [-0.05, 0) is 55.7 Å². The highest BCUT2D eigenvalue weighted by Gasteiger charge is 2.18. The van der Waals surface area contributed by atoms with Gasteiger partial charge in [0.1, 0.15) is 11.5 Å². The summed E-state index contributed by atoms with van der Waals surface area (Å²) in [6, 6.07) is 13.8. The molecular formula is C22H30N2O5S. The maximum Gasteiger partial charge on any atom is 0.260 e. The Morgan fingerprint density at radius 2 is 1.67 bits per heavy atom. The Morgan fingerprint density at radius 1 is 1.00 bits per heavy atom. The average molecular weight is 435 g/mol. The van der Waals surface area contributed by atoms with Crippen LogP contribution in [0.5, 0.6) is 11.5 Å². The average Bonchev–Trinajstić information content (AvgIpc) is 2.72. The van der Waals surface area contributed by atoms with E-state index in [0.717, 1.165) is 5.56 Å². The zero-order valence-corrected chi connectivity index (χ0v) is 18.7. The smallest absolute Gasteiger partial charge is 0.260 e. The highest BCUT2D eigenvalue weighted by Crippen LogP contribution is 2.26. The fraction of sp³-hybridized carbons (Fsp3) is 0.409. The van der Waals surface area contributed by atoms with Crippen LogP contribution in [-0.4, -0.2) is 40.1 Å². The summed E-state index contributed by atoms with van der Waals surface area (Å²) in [4.78, 5) is 12.4.